The molecule has 32 heavy (non-hydrogen) atoms. The molecule has 1 fully saturated rings. The van der Waals surface area contributed by atoms with Gasteiger partial charge in [0, 0.05) is 0 Å². The van der Waals surface area contributed by atoms with Crippen LogP contribution in [-0.2, 0) is 0 Å². The maximum absolute atomic E-state index is 3.77. The molecule has 0 amide bonds. The van der Waals surface area contributed by atoms with Crippen LogP contribution in [0.2, 0.25) is 13.1 Å². The molecule has 2 aromatic carbocycles. The second-order valence-electron chi connectivity index (χ2n) is 10.6. The monoisotopic (exact) mass is 439 g/mol. The van der Waals surface area contributed by atoms with Crippen molar-refractivity contribution in [2.45, 2.75) is 58.7 Å². The molecule has 0 aromatic heterocycles. The lowest BCUT2D eigenvalue weighted by Crippen LogP contribution is -2.30. The van der Waals surface area contributed by atoms with E-state index >= 15 is 0 Å². The molecule has 1 nitrogen and oxygen atoms in total. The number of hydrogen-bond donors (Lipinski definition) is 1. The average Bonchev–Trinajstić information content (AvgIpc) is 2.79. The Bertz CT molecular complexity index is 1080. The van der Waals surface area contributed by atoms with E-state index in [9.17, 15) is 0 Å². The van der Waals surface area contributed by atoms with Crippen molar-refractivity contribution in [3.05, 3.63) is 94.4 Å². The van der Waals surface area contributed by atoms with Crippen molar-refractivity contribution in [3.63, 3.8) is 0 Å². The van der Waals surface area contributed by atoms with E-state index in [1.165, 1.54) is 47.9 Å². The zero-order valence-electron chi connectivity index (χ0n) is 20.1. The zero-order valence-corrected chi connectivity index (χ0v) is 21.2. The number of benzene rings is 2. The summed E-state index contributed by atoms with van der Waals surface area (Å²) in [5.74, 6) is 2.42. The van der Waals surface area contributed by atoms with Gasteiger partial charge in [-0.25, -0.2) is 0 Å². The van der Waals surface area contributed by atoms with Crippen LogP contribution in [0.5, 0.6) is 0 Å². The van der Waals surface area contributed by atoms with Crippen LogP contribution in [0.1, 0.15) is 49.8 Å². The highest BCUT2D eigenvalue weighted by Crippen LogP contribution is 2.47. The maximum atomic E-state index is 3.77. The third-order valence-corrected chi connectivity index (χ3v) is 9.86. The van der Waals surface area contributed by atoms with Gasteiger partial charge in [0.2, 0.25) is 0 Å². The molecule has 3 aliphatic rings. The molecule has 0 bridgehead atoms. The van der Waals surface area contributed by atoms with Gasteiger partial charge < -0.3 is 5.32 Å². The second-order valence-corrected chi connectivity index (χ2v) is 13.5. The molecule has 2 heteroatoms. The molecule has 1 heterocycles. The predicted molar refractivity (Wildman–Crippen MR) is 140 cm³/mol. The fourth-order valence-corrected chi connectivity index (χ4v) is 7.27. The fraction of sp³-hybridized carbons (Fsp3) is 0.400. The molecule has 1 N–H and O–H groups in total. The van der Waals surface area contributed by atoms with Crippen molar-refractivity contribution in [3.8, 4) is 11.1 Å². The molecule has 0 radical (unpaired) electrons. The molecule has 4 unspecified atom stereocenters. The number of allylic oxidation sites excluding steroid dienone is 4. The van der Waals surface area contributed by atoms with Crippen LogP contribution in [0.4, 0.5) is 0 Å². The summed E-state index contributed by atoms with van der Waals surface area (Å²) in [6, 6.07) is 17.9. The fourth-order valence-electron chi connectivity index (χ4n) is 5.89. The molecule has 5 rings (SSSR count). The molecule has 0 spiro atoms. The molecule has 166 valence electrons. The van der Waals surface area contributed by atoms with Crippen LogP contribution < -0.4 is 5.32 Å². The minimum atomic E-state index is -0.899. The molecule has 1 aliphatic heterocycles. The highest BCUT2D eigenvalue weighted by atomic mass is 28.3. The van der Waals surface area contributed by atoms with Gasteiger partial charge in [-0.3, -0.25) is 0 Å². The van der Waals surface area contributed by atoms with Crippen molar-refractivity contribution < 1.29 is 0 Å². The molecule has 0 saturated heterocycles. The lowest BCUT2D eigenvalue weighted by Gasteiger charge is -2.41. The molecule has 1 saturated carbocycles. The predicted octanol–water partition coefficient (Wildman–Crippen LogP) is 7.53. The largest absolute Gasteiger partial charge is 0.381 e. The van der Waals surface area contributed by atoms with E-state index in [1.807, 2.05) is 0 Å². The normalized spacial score (nSPS) is 27.0. The molecular formula is C30H37NSi. The van der Waals surface area contributed by atoms with Gasteiger partial charge in [-0.05, 0) is 95.7 Å². The third-order valence-electron chi connectivity index (χ3n) is 8.08. The van der Waals surface area contributed by atoms with Crippen LogP contribution in [-0.4, -0.2) is 8.80 Å². The first-order valence-electron chi connectivity index (χ1n) is 12.5. The van der Waals surface area contributed by atoms with Gasteiger partial charge >= 0.3 is 0 Å². The summed E-state index contributed by atoms with van der Waals surface area (Å²) < 4.78 is 0. The Morgan fingerprint density at radius 1 is 1.00 bits per heavy atom. The number of nitrogens with one attached hydrogen (secondary N) is 1. The molecule has 2 aromatic rings. The van der Waals surface area contributed by atoms with Gasteiger partial charge in [0.1, 0.15) is 0 Å². The lowest BCUT2D eigenvalue weighted by molar-refractivity contribution is 0.264. The molecular weight excluding hydrogens is 402 g/mol. The average molecular weight is 440 g/mol. The summed E-state index contributed by atoms with van der Waals surface area (Å²) in [4.78, 5) is 0. The zero-order chi connectivity index (χ0) is 22.2. The first-order chi connectivity index (χ1) is 15.5. The van der Waals surface area contributed by atoms with Crippen molar-refractivity contribution in [1.29, 1.82) is 0 Å². The Morgan fingerprint density at radius 3 is 2.53 bits per heavy atom. The number of rotatable bonds is 5. The summed E-state index contributed by atoms with van der Waals surface area (Å²) in [5.41, 5.74) is 8.74. The van der Waals surface area contributed by atoms with Crippen LogP contribution in [0, 0.1) is 24.7 Å². The van der Waals surface area contributed by atoms with Crippen LogP contribution >= 0.6 is 0 Å². The number of dihydropyridines is 1. The summed E-state index contributed by atoms with van der Waals surface area (Å²) in [6.45, 7) is 9.67. The topological polar surface area (TPSA) is 12.0 Å². The van der Waals surface area contributed by atoms with E-state index in [0.717, 1.165) is 11.8 Å². The Kier molecular flexibility index (Phi) is 5.99. The second kappa shape index (κ2) is 8.90. The Morgan fingerprint density at radius 2 is 1.81 bits per heavy atom. The molecule has 4 atom stereocenters. The Labute approximate surface area is 195 Å². The molecule has 2 aliphatic carbocycles. The summed E-state index contributed by atoms with van der Waals surface area (Å²) >= 11 is 0. The van der Waals surface area contributed by atoms with Gasteiger partial charge in [-0.15, -0.1) is 0 Å². The third kappa shape index (κ3) is 4.18. The highest BCUT2D eigenvalue weighted by Gasteiger charge is 2.34. The van der Waals surface area contributed by atoms with Crippen LogP contribution in [0.15, 0.2) is 83.2 Å². The SMILES string of the molecule is Cc1ccc(-c2ccccc2)cc1C1C=C(CC2C=C3CCC3CC2C)C([SiH](C)C)=CN1. The Hall–Kier alpha value is -2.32. The minimum absolute atomic E-state index is 0.258. The van der Waals surface area contributed by atoms with E-state index < -0.39 is 8.80 Å². The van der Waals surface area contributed by atoms with Gasteiger partial charge in [-0.2, -0.15) is 0 Å². The number of aryl methyl sites for hydroxylation is 1. The Balaban J connectivity index is 1.46. The van der Waals surface area contributed by atoms with Gasteiger partial charge in [0.05, 0.1) is 14.8 Å². The van der Waals surface area contributed by atoms with E-state index in [1.54, 1.807) is 16.3 Å². The quantitative estimate of drug-likeness (QED) is 0.375. The number of hydrogen-bond acceptors (Lipinski definition) is 1. The maximum Gasteiger partial charge on any atom is 0.0701 e. The van der Waals surface area contributed by atoms with Gasteiger partial charge in [0.15, 0.2) is 0 Å². The highest BCUT2D eigenvalue weighted by molar-refractivity contribution is 6.65. The standard InChI is InChI=1S/C30H37NSi/c1-20-10-11-25(22-8-6-5-7-9-22)17-28(20)29-18-27(30(19-31-29)32(3)4)16-26-15-24-13-12-23(24)14-21(26)2/h5-11,15,17-19,21,23,26,29,31-32H,12-14,16H2,1-4H3. The van der Waals surface area contributed by atoms with Crippen LogP contribution in [0.25, 0.3) is 11.1 Å². The van der Waals surface area contributed by atoms with E-state index in [2.05, 4.69) is 99.1 Å². The van der Waals surface area contributed by atoms with Gasteiger partial charge in [0.25, 0.3) is 0 Å². The van der Waals surface area contributed by atoms with Crippen molar-refractivity contribution in [2.24, 2.45) is 17.8 Å². The summed E-state index contributed by atoms with van der Waals surface area (Å²) in [7, 11) is -0.899. The van der Waals surface area contributed by atoms with Gasteiger partial charge in [-0.1, -0.05) is 80.2 Å². The number of fused-ring (bicyclic) bond motifs is 1. The van der Waals surface area contributed by atoms with E-state index in [4.69, 9.17) is 0 Å². The van der Waals surface area contributed by atoms with Crippen LogP contribution in [0.3, 0.4) is 0 Å². The summed E-state index contributed by atoms with van der Waals surface area (Å²) in [5, 5.41) is 5.40. The van der Waals surface area contributed by atoms with Crippen molar-refractivity contribution >= 4 is 8.80 Å². The van der Waals surface area contributed by atoms with E-state index in [-0.39, 0.29) is 6.04 Å². The van der Waals surface area contributed by atoms with Crippen molar-refractivity contribution in [2.75, 3.05) is 0 Å². The minimum Gasteiger partial charge on any atom is -0.381 e. The lowest BCUT2D eigenvalue weighted by atomic mass is 9.65. The van der Waals surface area contributed by atoms with E-state index in [0.29, 0.717) is 5.92 Å². The first kappa shape index (κ1) is 21.5. The summed E-state index contributed by atoms with van der Waals surface area (Å²) in [6.07, 6.45) is 13.0. The first-order valence-corrected chi connectivity index (χ1v) is 15.4. The van der Waals surface area contributed by atoms with Crippen molar-refractivity contribution in [1.82, 2.24) is 5.32 Å². The smallest absolute Gasteiger partial charge is 0.0701 e.